The number of carbonyl (C=O) groups excluding carboxylic acids is 1. The molecule has 2 heterocycles. The topological polar surface area (TPSA) is 33.2 Å². The van der Waals surface area contributed by atoms with Crippen molar-refractivity contribution in [3.05, 3.63) is 71.9 Å². The van der Waals surface area contributed by atoms with Crippen molar-refractivity contribution in [1.29, 1.82) is 0 Å². The van der Waals surface area contributed by atoms with E-state index >= 15 is 0 Å². The van der Waals surface area contributed by atoms with Gasteiger partial charge in [0, 0.05) is 30.1 Å². The summed E-state index contributed by atoms with van der Waals surface area (Å²) in [5, 5.41) is 1.10. The first kappa shape index (κ1) is 15.2. The molecule has 4 heteroatoms. The normalized spacial score (nSPS) is 16.1. The number of aromatic nitrogens is 1. The Bertz CT molecular complexity index is 879. The monoisotopic (exact) mass is 334 g/mol. The summed E-state index contributed by atoms with van der Waals surface area (Å²) >= 11 is 1.68. The molecule has 1 amide bonds. The van der Waals surface area contributed by atoms with E-state index in [0.29, 0.717) is 6.54 Å². The van der Waals surface area contributed by atoms with Gasteiger partial charge in [-0.25, -0.2) is 0 Å². The van der Waals surface area contributed by atoms with E-state index in [0.717, 1.165) is 22.9 Å². The van der Waals surface area contributed by atoms with E-state index in [1.54, 1.807) is 18.0 Å². The lowest BCUT2D eigenvalue weighted by molar-refractivity contribution is -0.129. The van der Waals surface area contributed by atoms with Crippen LogP contribution < -0.4 is 0 Å². The van der Waals surface area contributed by atoms with E-state index < -0.39 is 0 Å². The van der Waals surface area contributed by atoms with Crippen molar-refractivity contribution in [2.24, 2.45) is 0 Å². The van der Waals surface area contributed by atoms with Crippen molar-refractivity contribution >= 4 is 28.6 Å². The summed E-state index contributed by atoms with van der Waals surface area (Å²) in [4.78, 5) is 20.3. The van der Waals surface area contributed by atoms with Gasteiger partial charge in [0.05, 0.1) is 10.8 Å². The molecule has 1 aliphatic rings. The first-order valence-corrected chi connectivity index (χ1v) is 8.92. The average molecular weight is 334 g/mol. The van der Waals surface area contributed by atoms with Gasteiger partial charge in [0.1, 0.15) is 0 Å². The number of hydrogen-bond donors (Lipinski definition) is 0. The third-order valence-corrected chi connectivity index (χ3v) is 5.75. The smallest absolute Gasteiger partial charge is 0.236 e. The van der Waals surface area contributed by atoms with Crippen LogP contribution in [-0.4, -0.2) is 28.1 Å². The zero-order valence-electron chi connectivity index (χ0n) is 13.5. The summed E-state index contributed by atoms with van der Waals surface area (Å²) < 4.78 is 0. The molecule has 1 atom stereocenters. The van der Waals surface area contributed by atoms with Crippen LogP contribution in [0.15, 0.2) is 65.7 Å². The highest BCUT2D eigenvalue weighted by Gasteiger charge is 2.30. The fraction of sp³-hybridized carbons (Fsp3) is 0.200. The second-order valence-electron chi connectivity index (χ2n) is 6.10. The molecule has 0 spiro atoms. The van der Waals surface area contributed by atoms with Crippen molar-refractivity contribution in [1.82, 2.24) is 9.88 Å². The number of benzene rings is 2. The van der Waals surface area contributed by atoms with Crippen molar-refractivity contribution in [2.45, 2.75) is 23.1 Å². The highest BCUT2D eigenvalue weighted by atomic mass is 32.2. The van der Waals surface area contributed by atoms with Gasteiger partial charge in [-0.3, -0.25) is 9.78 Å². The van der Waals surface area contributed by atoms with Crippen LogP contribution in [0.2, 0.25) is 0 Å². The number of hydrogen-bond acceptors (Lipinski definition) is 3. The SMILES string of the molecule is CN(Cc1cccc2ncccc12)C(=O)C1Cc2ccccc2S1. The fourth-order valence-corrected chi connectivity index (χ4v) is 4.51. The Morgan fingerprint density at radius 3 is 2.92 bits per heavy atom. The van der Waals surface area contributed by atoms with Gasteiger partial charge in [-0.15, -0.1) is 11.8 Å². The van der Waals surface area contributed by atoms with Crippen molar-refractivity contribution in [3.63, 3.8) is 0 Å². The van der Waals surface area contributed by atoms with Crippen molar-refractivity contribution < 1.29 is 4.79 Å². The highest BCUT2D eigenvalue weighted by molar-refractivity contribution is 8.01. The molecule has 24 heavy (non-hydrogen) atoms. The summed E-state index contributed by atoms with van der Waals surface area (Å²) in [7, 11) is 1.89. The summed E-state index contributed by atoms with van der Waals surface area (Å²) in [5.41, 5.74) is 3.39. The minimum atomic E-state index is -0.0134. The number of thioether (sulfide) groups is 1. The molecule has 0 radical (unpaired) electrons. The van der Waals surface area contributed by atoms with E-state index in [1.807, 2.05) is 42.3 Å². The maximum absolute atomic E-state index is 12.8. The van der Waals surface area contributed by atoms with Gasteiger partial charge < -0.3 is 4.90 Å². The number of rotatable bonds is 3. The molecular formula is C20H18N2OS. The van der Waals surface area contributed by atoms with Gasteiger partial charge >= 0.3 is 0 Å². The number of pyridine rings is 1. The number of nitrogens with zero attached hydrogens (tertiary/aromatic N) is 2. The fourth-order valence-electron chi connectivity index (χ4n) is 3.20. The van der Waals surface area contributed by atoms with Crippen molar-refractivity contribution in [2.75, 3.05) is 7.05 Å². The second kappa shape index (κ2) is 6.29. The molecule has 0 fully saturated rings. The lowest BCUT2D eigenvalue weighted by Gasteiger charge is -2.21. The summed E-state index contributed by atoms with van der Waals surface area (Å²) in [6, 6.07) is 18.4. The standard InChI is InChI=1S/C20H18N2OS/c1-22(13-15-7-4-9-17-16(15)8-5-11-21-17)20(23)19-12-14-6-2-3-10-18(14)24-19/h2-11,19H,12-13H2,1H3. The minimum absolute atomic E-state index is 0.0134. The van der Waals surface area contributed by atoms with Crippen LogP contribution >= 0.6 is 11.8 Å². The number of fused-ring (bicyclic) bond motifs is 2. The molecule has 3 nitrogen and oxygen atoms in total. The second-order valence-corrected chi connectivity index (χ2v) is 7.34. The maximum Gasteiger partial charge on any atom is 0.236 e. The number of amides is 1. The Labute approximate surface area is 145 Å². The zero-order valence-corrected chi connectivity index (χ0v) is 14.3. The van der Waals surface area contributed by atoms with E-state index in [9.17, 15) is 4.79 Å². The van der Waals surface area contributed by atoms with Gasteiger partial charge in [-0.1, -0.05) is 36.4 Å². The van der Waals surface area contributed by atoms with Gasteiger partial charge in [-0.2, -0.15) is 0 Å². The summed E-state index contributed by atoms with van der Waals surface area (Å²) in [6.07, 6.45) is 2.62. The minimum Gasteiger partial charge on any atom is -0.340 e. The molecule has 0 saturated heterocycles. The first-order chi connectivity index (χ1) is 11.7. The van der Waals surface area contributed by atoms with E-state index in [2.05, 4.69) is 29.2 Å². The maximum atomic E-state index is 12.8. The lowest BCUT2D eigenvalue weighted by Crippen LogP contribution is -2.34. The van der Waals surface area contributed by atoms with E-state index in [4.69, 9.17) is 0 Å². The molecule has 1 aromatic heterocycles. The van der Waals surface area contributed by atoms with Crippen LogP contribution in [-0.2, 0) is 17.8 Å². The molecule has 1 unspecified atom stereocenters. The van der Waals surface area contributed by atoms with Crippen LogP contribution in [0.25, 0.3) is 10.9 Å². The van der Waals surface area contributed by atoms with Crippen LogP contribution in [0.5, 0.6) is 0 Å². The average Bonchev–Trinajstić information content (AvgIpc) is 3.05. The molecule has 0 aliphatic carbocycles. The van der Waals surface area contributed by atoms with E-state index in [-0.39, 0.29) is 11.2 Å². The molecule has 2 aromatic carbocycles. The van der Waals surface area contributed by atoms with Crippen LogP contribution in [0.4, 0.5) is 0 Å². The predicted octanol–water partition coefficient (Wildman–Crippen LogP) is 3.91. The Hall–Kier alpha value is -2.33. The Kier molecular flexibility index (Phi) is 3.98. The quantitative estimate of drug-likeness (QED) is 0.728. The van der Waals surface area contributed by atoms with E-state index in [1.165, 1.54) is 10.5 Å². The Balaban J connectivity index is 1.52. The summed E-state index contributed by atoms with van der Waals surface area (Å²) in [6.45, 7) is 0.606. The molecule has 0 saturated carbocycles. The predicted molar refractivity (Wildman–Crippen MR) is 98.0 cm³/mol. The van der Waals surface area contributed by atoms with Gasteiger partial charge in [0.15, 0.2) is 0 Å². The van der Waals surface area contributed by atoms with Gasteiger partial charge in [0.25, 0.3) is 0 Å². The van der Waals surface area contributed by atoms with Crippen LogP contribution in [0.3, 0.4) is 0 Å². The van der Waals surface area contributed by atoms with Gasteiger partial charge in [0.2, 0.25) is 5.91 Å². The largest absolute Gasteiger partial charge is 0.340 e. The molecule has 0 N–H and O–H groups in total. The lowest BCUT2D eigenvalue weighted by atomic mass is 10.1. The Morgan fingerprint density at radius 2 is 2.04 bits per heavy atom. The molecule has 1 aliphatic heterocycles. The molecule has 4 rings (SSSR count). The molecule has 120 valence electrons. The van der Waals surface area contributed by atoms with Crippen molar-refractivity contribution in [3.8, 4) is 0 Å². The van der Waals surface area contributed by atoms with Crippen LogP contribution in [0, 0.1) is 0 Å². The third kappa shape index (κ3) is 2.78. The molecule has 0 bridgehead atoms. The number of carbonyl (C=O) groups is 1. The molecule has 3 aromatic rings. The third-order valence-electron chi connectivity index (χ3n) is 4.44. The zero-order chi connectivity index (χ0) is 16.5. The molecular weight excluding hydrogens is 316 g/mol. The van der Waals surface area contributed by atoms with Crippen LogP contribution in [0.1, 0.15) is 11.1 Å². The van der Waals surface area contributed by atoms with Gasteiger partial charge in [-0.05, 0) is 35.7 Å². The first-order valence-electron chi connectivity index (χ1n) is 8.04. The summed E-state index contributed by atoms with van der Waals surface area (Å²) in [5.74, 6) is 0.192. The Morgan fingerprint density at radius 1 is 1.17 bits per heavy atom. The highest BCUT2D eigenvalue weighted by Crippen LogP contribution is 2.37.